The molecular weight excluding hydrogens is 245 g/mol. The quantitative estimate of drug-likeness (QED) is 0.614. The molecule has 0 amide bonds. The number of halogens is 2. The summed E-state index contributed by atoms with van der Waals surface area (Å²) < 4.78 is 6.47. The lowest BCUT2D eigenvalue weighted by atomic mass is 10.3. The second kappa shape index (κ2) is 9.39. The normalized spacial score (nSPS) is 7.87. The first-order valence-electron chi connectivity index (χ1n) is 3.60. The minimum atomic E-state index is -0.914. The Hall–Kier alpha value is -1.17. The van der Waals surface area contributed by atoms with Crippen LogP contribution < -0.4 is 5.32 Å². The highest BCUT2D eigenvalue weighted by atomic mass is 35.5. The molecule has 0 fully saturated rings. The van der Waals surface area contributed by atoms with Crippen LogP contribution in [-0.2, 0) is 4.79 Å². The molecule has 0 aromatic heterocycles. The maximum Gasteiger partial charge on any atom is 0.322 e. The van der Waals surface area contributed by atoms with Crippen LogP contribution in [0.4, 0.5) is 5.69 Å². The summed E-state index contributed by atoms with van der Waals surface area (Å²) in [7, 11) is 0. The predicted molar refractivity (Wildman–Crippen MR) is 59.6 cm³/mol. The van der Waals surface area contributed by atoms with E-state index in [1.807, 2.05) is 0 Å². The minimum Gasteiger partial charge on any atom is -0.508 e. The number of aromatic hydroxyl groups is 1. The van der Waals surface area contributed by atoms with E-state index in [2.05, 4.69) is 17.2 Å². The van der Waals surface area contributed by atoms with Gasteiger partial charge >= 0.3 is 5.97 Å². The molecule has 0 saturated carbocycles. The first-order chi connectivity index (χ1) is 6.68. The van der Waals surface area contributed by atoms with Crippen LogP contribution >= 0.6 is 24.3 Å². The second-order valence-corrected chi connectivity index (χ2v) is 2.29. The Morgan fingerprint density at radius 1 is 1.27 bits per heavy atom. The van der Waals surface area contributed by atoms with Crippen LogP contribution in [0.3, 0.4) is 0 Å². The third-order valence-corrected chi connectivity index (χ3v) is 1.31. The van der Waals surface area contributed by atoms with Gasteiger partial charge in [0.05, 0.1) is 11.9 Å². The summed E-state index contributed by atoms with van der Waals surface area (Å²) in [6.07, 6.45) is 0. The number of carboxylic acids is 1. The minimum absolute atomic E-state index is 0. The van der Waals surface area contributed by atoms with E-state index in [0.717, 1.165) is 0 Å². The molecule has 7 heteroatoms. The largest absolute Gasteiger partial charge is 0.508 e. The maximum atomic E-state index is 10.1. The maximum absolute atomic E-state index is 10.1. The number of hydrogen-bond donors (Lipinski definition) is 4. The molecule has 0 aliphatic heterocycles. The van der Waals surface area contributed by atoms with E-state index in [9.17, 15) is 4.79 Å². The predicted octanol–water partition coefficient (Wildman–Crippen LogP) is 1.44. The molecule has 0 saturated heterocycles. The van der Waals surface area contributed by atoms with Gasteiger partial charge in [-0.15, -0.1) is 12.4 Å². The number of phenols is 1. The number of nitrogens with one attached hydrogen (secondary N) is 1. The first-order valence-corrected chi connectivity index (χ1v) is 3.94. The molecule has 0 radical (unpaired) electrons. The zero-order chi connectivity index (χ0) is 11.0. The molecule has 4 N–H and O–H groups in total. The van der Waals surface area contributed by atoms with Crippen molar-refractivity contribution in [2.75, 3.05) is 11.9 Å². The number of rotatable bonds is 3. The Morgan fingerprint density at radius 2 is 1.73 bits per heavy atom. The highest BCUT2D eigenvalue weighted by molar-refractivity contribution is 6.04. The fourth-order valence-electron chi connectivity index (χ4n) is 0.757. The van der Waals surface area contributed by atoms with Gasteiger partial charge in [-0.1, -0.05) is 0 Å². The Kier molecular flexibility index (Phi) is 10.2. The van der Waals surface area contributed by atoms with Crippen LogP contribution in [0.5, 0.6) is 5.75 Å². The van der Waals surface area contributed by atoms with Gasteiger partial charge in [-0.05, 0) is 24.3 Å². The number of carbonyl (C=O) groups is 1. The molecular formula is C8H11Cl2NO4. The van der Waals surface area contributed by atoms with Gasteiger partial charge < -0.3 is 15.5 Å². The molecule has 1 aromatic rings. The van der Waals surface area contributed by atoms with Gasteiger partial charge in [0.2, 0.25) is 0 Å². The van der Waals surface area contributed by atoms with Gasteiger partial charge in [0.25, 0.3) is 0 Å². The molecule has 0 unspecified atom stereocenters. The molecule has 1 rings (SSSR count). The van der Waals surface area contributed by atoms with Crippen molar-refractivity contribution < 1.29 is 19.7 Å². The SMILES string of the molecule is Cl.O=C(O)CNc1ccc(O)cc1.OCl. The molecule has 0 aliphatic carbocycles. The van der Waals surface area contributed by atoms with Gasteiger partial charge in [0.1, 0.15) is 12.3 Å². The van der Waals surface area contributed by atoms with Gasteiger partial charge in [-0.2, -0.15) is 0 Å². The van der Waals surface area contributed by atoms with E-state index in [4.69, 9.17) is 14.9 Å². The van der Waals surface area contributed by atoms with Gasteiger partial charge in [0, 0.05) is 5.69 Å². The highest BCUT2D eigenvalue weighted by Crippen LogP contribution is 2.12. The number of benzene rings is 1. The summed E-state index contributed by atoms with van der Waals surface area (Å²) in [4.78, 5) is 10.1. The smallest absolute Gasteiger partial charge is 0.322 e. The molecule has 0 bridgehead atoms. The monoisotopic (exact) mass is 255 g/mol. The number of phenolic OH excluding ortho intramolecular Hbond substituents is 1. The van der Waals surface area contributed by atoms with E-state index >= 15 is 0 Å². The summed E-state index contributed by atoms with van der Waals surface area (Å²) in [6.45, 7) is -0.120. The van der Waals surface area contributed by atoms with E-state index in [1.54, 1.807) is 12.1 Å². The molecule has 0 spiro atoms. The van der Waals surface area contributed by atoms with Crippen molar-refractivity contribution in [3.05, 3.63) is 24.3 Å². The van der Waals surface area contributed by atoms with Crippen molar-refractivity contribution in [2.24, 2.45) is 0 Å². The van der Waals surface area contributed by atoms with E-state index in [1.165, 1.54) is 12.1 Å². The van der Waals surface area contributed by atoms with E-state index < -0.39 is 5.97 Å². The molecule has 0 atom stereocenters. The number of anilines is 1. The fraction of sp³-hybridized carbons (Fsp3) is 0.125. The summed E-state index contributed by atoms with van der Waals surface area (Å²) in [5.74, 6) is -0.751. The van der Waals surface area contributed by atoms with E-state index in [-0.39, 0.29) is 24.7 Å². The fourth-order valence-corrected chi connectivity index (χ4v) is 0.757. The molecule has 15 heavy (non-hydrogen) atoms. The molecule has 5 nitrogen and oxygen atoms in total. The lowest BCUT2D eigenvalue weighted by Crippen LogP contribution is -2.11. The Morgan fingerprint density at radius 3 is 2.13 bits per heavy atom. The van der Waals surface area contributed by atoms with Crippen molar-refractivity contribution in [1.29, 1.82) is 0 Å². The summed E-state index contributed by atoms with van der Waals surface area (Å²) in [5, 5.41) is 19.9. The first kappa shape index (κ1) is 16.3. The number of hydrogen-bond acceptors (Lipinski definition) is 4. The third-order valence-electron chi connectivity index (χ3n) is 1.31. The van der Waals surface area contributed by atoms with Gasteiger partial charge in [-0.3, -0.25) is 9.45 Å². The zero-order valence-electron chi connectivity index (χ0n) is 7.55. The van der Waals surface area contributed by atoms with Gasteiger partial charge in [0.15, 0.2) is 0 Å². The zero-order valence-corrected chi connectivity index (χ0v) is 9.13. The molecule has 1 aromatic carbocycles. The summed E-state index contributed by atoms with van der Waals surface area (Å²) >= 11 is 3.64. The van der Waals surface area contributed by atoms with Crippen LogP contribution in [0.25, 0.3) is 0 Å². The summed E-state index contributed by atoms with van der Waals surface area (Å²) in [6, 6.07) is 6.20. The number of aliphatic carboxylic acids is 1. The average molecular weight is 256 g/mol. The van der Waals surface area contributed by atoms with Crippen molar-refractivity contribution in [3.63, 3.8) is 0 Å². The van der Waals surface area contributed by atoms with Crippen molar-refractivity contribution in [1.82, 2.24) is 0 Å². The Bertz CT molecular complexity index is 278. The van der Waals surface area contributed by atoms with Crippen LogP contribution in [-0.4, -0.2) is 27.4 Å². The summed E-state index contributed by atoms with van der Waals surface area (Å²) in [5.41, 5.74) is 0.676. The Balaban J connectivity index is 0. The lowest BCUT2D eigenvalue weighted by molar-refractivity contribution is -0.134. The van der Waals surface area contributed by atoms with E-state index in [0.29, 0.717) is 5.69 Å². The topological polar surface area (TPSA) is 89.8 Å². The van der Waals surface area contributed by atoms with Crippen LogP contribution in [0.15, 0.2) is 24.3 Å². The second-order valence-electron chi connectivity index (χ2n) is 2.29. The van der Waals surface area contributed by atoms with Crippen molar-refractivity contribution in [2.45, 2.75) is 0 Å². The van der Waals surface area contributed by atoms with Crippen LogP contribution in [0.1, 0.15) is 0 Å². The van der Waals surface area contributed by atoms with Crippen molar-refractivity contribution in [3.8, 4) is 5.75 Å². The van der Waals surface area contributed by atoms with Crippen LogP contribution in [0, 0.1) is 0 Å². The number of carboxylic acid groups (broad SMARTS) is 1. The van der Waals surface area contributed by atoms with Crippen LogP contribution in [0.2, 0.25) is 0 Å². The molecule has 0 heterocycles. The van der Waals surface area contributed by atoms with Gasteiger partial charge in [-0.25, -0.2) is 0 Å². The van der Waals surface area contributed by atoms with Crippen molar-refractivity contribution >= 4 is 35.9 Å². The lowest BCUT2D eigenvalue weighted by Gasteiger charge is -2.01. The average Bonchev–Trinajstić information content (AvgIpc) is 2.20. The standard InChI is InChI=1S/C8H9NO3.ClHO.ClH/c10-7-3-1-6(2-4-7)9-5-8(11)12;1-2;/h1-4,9-10H,5H2,(H,11,12);2H;1H. The molecule has 86 valence electrons. The Labute approximate surface area is 97.9 Å². The molecule has 0 aliphatic rings. The third kappa shape index (κ3) is 7.87. The highest BCUT2D eigenvalue weighted by Gasteiger charge is 1.95.